The van der Waals surface area contributed by atoms with Crippen molar-refractivity contribution in [1.29, 1.82) is 0 Å². The molecule has 4 nitrogen and oxygen atoms in total. The van der Waals surface area contributed by atoms with Crippen LogP contribution in [0.4, 0.5) is 0 Å². The van der Waals surface area contributed by atoms with Gasteiger partial charge in [-0.25, -0.2) is 4.99 Å². The average molecular weight is 231 g/mol. The molecule has 0 radical (unpaired) electrons. The first-order chi connectivity index (χ1) is 8.24. The zero-order chi connectivity index (χ0) is 11.9. The number of carboxylic acid groups (broad SMARTS) is 1. The normalized spacial score (nSPS) is 20.6. The van der Waals surface area contributed by atoms with E-state index in [1.807, 2.05) is 24.3 Å². The molecule has 0 bridgehead atoms. The molecule has 1 aliphatic carbocycles. The minimum atomic E-state index is -0.747. The Kier molecular flexibility index (Phi) is 2.18. The van der Waals surface area contributed by atoms with E-state index in [9.17, 15) is 9.90 Å². The van der Waals surface area contributed by atoms with Crippen LogP contribution in [0.15, 0.2) is 29.3 Å². The van der Waals surface area contributed by atoms with Gasteiger partial charge in [-0.1, -0.05) is 18.2 Å². The average Bonchev–Trinajstić information content (AvgIpc) is 2.98. The minimum absolute atomic E-state index is 0.587. The van der Waals surface area contributed by atoms with Crippen LogP contribution < -0.4 is 0 Å². The van der Waals surface area contributed by atoms with E-state index in [0.717, 1.165) is 11.1 Å². The number of aliphatic carboxylic acids is 1. The highest BCUT2D eigenvalue weighted by Gasteiger charge is 2.53. The summed E-state index contributed by atoms with van der Waals surface area (Å²) in [6.45, 7) is 1.24. The van der Waals surface area contributed by atoms with Crippen molar-refractivity contribution in [3.05, 3.63) is 35.4 Å². The first-order valence-corrected chi connectivity index (χ1v) is 5.74. The second-order valence-electron chi connectivity index (χ2n) is 4.47. The van der Waals surface area contributed by atoms with Crippen molar-refractivity contribution in [3.63, 3.8) is 0 Å². The molecule has 17 heavy (non-hydrogen) atoms. The Hall–Kier alpha value is -1.84. The lowest BCUT2D eigenvalue weighted by Crippen LogP contribution is -2.22. The van der Waals surface area contributed by atoms with E-state index >= 15 is 0 Å². The van der Waals surface area contributed by atoms with Crippen LogP contribution in [0.2, 0.25) is 0 Å². The van der Waals surface area contributed by atoms with Crippen LogP contribution in [0.25, 0.3) is 0 Å². The Morgan fingerprint density at radius 1 is 1.35 bits per heavy atom. The summed E-state index contributed by atoms with van der Waals surface area (Å²) in [6.07, 6.45) is 1.40. The maximum absolute atomic E-state index is 11.4. The van der Waals surface area contributed by atoms with E-state index < -0.39 is 11.4 Å². The molecule has 0 saturated heterocycles. The Labute approximate surface area is 98.9 Å². The molecule has 4 heteroatoms. The van der Waals surface area contributed by atoms with E-state index in [1.165, 1.54) is 0 Å². The zero-order valence-corrected chi connectivity index (χ0v) is 9.35. The second kappa shape index (κ2) is 3.58. The highest BCUT2D eigenvalue weighted by molar-refractivity contribution is 5.99. The topological polar surface area (TPSA) is 58.9 Å². The summed E-state index contributed by atoms with van der Waals surface area (Å²) >= 11 is 0. The van der Waals surface area contributed by atoms with Crippen LogP contribution in [0.1, 0.15) is 24.0 Å². The predicted octanol–water partition coefficient (Wildman–Crippen LogP) is 1.58. The molecular formula is C13H13NO3. The molecule has 1 aromatic rings. The quantitative estimate of drug-likeness (QED) is 0.859. The third kappa shape index (κ3) is 1.52. The molecule has 1 saturated carbocycles. The van der Waals surface area contributed by atoms with Crippen LogP contribution in [-0.4, -0.2) is 30.1 Å². The van der Waals surface area contributed by atoms with Gasteiger partial charge in [0.1, 0.15) is 6.61 Å². The minimum Gasteiger partial charge on any atom is -0.481 e. The van der Waals surface area contributed by atoms with Gasteiger partial charge >= 0.3 is 5.97 Å². The maximum Gasteiger partial charge on any atom is 0.314 e. The second-order valence-corrected chi connectivity index (χ2v) is 4.47. The molecule has 1 N–H and O–H groups in total. The fourth-order valence-electron chi connectivity index (χ4n) is 2.31. The summed E-state index contributed by atoms with van der Waals surface area (Å²) in [6, 6.07) is 7.53. The van der Waals surface area contributed by atoms with Crippen LogP contribution in [0, 0.1) is 0 Å². The van der Waals surface area contributed by atoms with Gasteiger partial charge in [-0.15, -0.1) is 0 Å². The predicted molar refractivity (Wildman–Crippen MR) is 62.3 cm³/mol. The molecule has 3 rings (SSSR count). The highest BCUT2D eigenvalue weighted by atomic mass is 16.5. The molecule has 0 aromatic heterocycles. The molecule has 1 aromatic carbocycles. The molecule has 1 aliphatic heterocycles. The highest BCUT2D eigenvalue weighted by Crippen LogP contribution is 2.49. The molecular weight excluding hydrogens is 218 g/mol. The zero-order valence-electron chi connectivity index (χ0n) is 9.35. The fourth-order valence-corrected chi connectivity index (χ4v) is 2.31. The summed E-state index contributed by atoms with van der Waals surface area (Å²) in [5.74, 6) is -0.156. The van der Waals surface area contributed by atoms with Crippen molar-refractivity contribution in [2.75, 3.05) is 13.2 Å². The van der Waals surface area contributed by atoms with Crippen molar-refractivity contribution in [1.82, 2.24) is 0 Å². The summed E-state index contributed by atoms with van der Waals surface area (Å²) in [4.78, 5) is 15.6. The summed E-state index contributed by atoms with van der Waals surface area (Å²) in [5, 5.41) is 9.34. The van der Waals surface area contributed by atoms with Gasteiger partial charge in [0.2, 0.25) is 5.90 Å². The molecule has 0 unspecified atom stereocenters. The SMILES string of the molecule is O=C(O)C1(c2ccccc2C2=NCCO2)CC1. The Balaban J connectivity index is 2.08. The van der Waals surface area contributed by atoms with Crippen LogP contribution in [0.3, 0.4) is 0 Å². The van der Waals surface area contributed by atoms with Gasteiger partial charge in [-0.05, 0) is 24.5 Å². The van der Waals surface area contributed by atoms with Gasteiger partial charge in [0.25, 0.3) is 0 Å². The van der Waals surface area contributed by atoms with E-state index in [0.29, 0.717) is 31.9 Å². The van der Waals surface area contributed by atoms with Gasteiger partial charge in [0.05, 0.1) is 12.0 Å². The molecule has 0 atom stereocenters. The number of rotatable bonds is 3. The lowest BCUT2D eigenvalue weighted by Gasteiger charge is -2.15. The number of hydrogen-bond acceptors (Lipinski definition) is 3. The Bertz CT molecular complexity index is 503. The van der Waals surface area contributed by atoms with Gasteiger partial charge in [0.15, 0.2) is 0 Å². The molecule has 1 heterocycles. The van der Waals surface area contributed by atoms with Crippen molar-refractivity contribution in [2.45, 2.75) is 18.3 Å². The monoisotopic (exact) mass is 231 g/mol. The van der Waals surface area contributed by atoms with E-state index in [-0.39, 0.29) is 0 Å². The van der Waals surface area contributed by atoms with Crippen molar-refractivity contribution < 1.29 is 14.6 Å². The first kappa shape index (κ1) is 10.3. The van der Waals surface area contributed by atoms with Gasteiger partial charge < -0.3 is 9.84 Å². The van der Waals surface area contributed by atoms with E-state index in [4.69, 9.17) is 4.74 Å². The first-order valence-electron chi connectivity index (χ1n) is 5.74. The summed E-state index contributed by atoms with van der Waals surface area (Å²) in [5.41, 5.74) is 0.975. The number of ether oxygens (including phenoxy) is 1. The lowest BCUT2D eigenvalue weighted by atomic mass is 9.91. The maximum atomic E-state index is 11.4. The number of carboxylic acids is 1. The molecule has 2 aliphatic rings. The summed E-state index contributed by atoms with van der Waals surface area (Å²) in [7, 11) is 0. The van der Waals surface area contributed by atoms with Gasteiger partial charge in [-0.2, -0.15) is 0 Å². The van der Waals surface area contributed by atoms with Gasteiger partial charge in [0, 0.05) is 5.56 Å². The van der Waals surface area contributed by atoms with Crippen molar-refractivity contribution >= 4 is 11.9 Å². The molecule has 1 fully saturated rings. The van der Waals surface area contributed by atoms with Crippen LogP contribution in [-0.2, 0) is 14.9 Å². The molecule has 0 spiro atoms. The third-order valence-electron chi connectivity index (χ3n) is 3.42. The molecule has 0 amide bonds. The smallest absolute Gasteiger partial charge is 0.314 e. The van der Waals surface area contributed by atoms with Crippen molar-refractivity contribution in [3.8, 4) is 0 Å². The Morgan fingerprint density at radius 2 is 2.12 bits per heavy atom. The Morgan fingerprint density at radius 3 is 2.71 bits per heavy atom. The lowest BCUT2D eigenvalue weighted by molar-refractivity contribution is -0.140. The number of hydrogen-bond donors (Lipinski definition) is 1. The largest absolute Gasteiger partial charge is 0.481 e. The number of carbonyl (C=O) groups is 1. The van der Waals surface area contributed by atoms with E-state index in [1.54, 1.807) is 0 Å². The number of aliphatic imine (C=N–C) groups is 1. The van der Waals surface area contributed by atoms with Crippen LogP contribution in [0.5, 0.6) is 0 Å². The standard InChI is InChI=1S/C13H13NO3/c15-12(16)13(5-6-13)10-4-2-1-3-9(10)11-14-7-8-17-11/h1-4H,5-8H2,(H,15,16). The summed E-state index contributed by atoms with van der Waals surface area (Å²) < 4.78 is 5.44. The third-order valence-corrected chi connectivity index (χ3v) is 3.42. The van der Waals surface area contributed by atoms with Gasteiger partial charge in [-0.3, -0.25) is 4.79 Å². The van der Waals surface area contributed by atoms with Crippen LogP contribution >= 0.6 is 0 Å². The number of benzene rings is 1. The van der Waals surface area contributed by atoms with E-state index in [2.05, 4.69) is 4.99 Å². The fraction of sp³-hybridized carbons (Fsp3) is 0.385. The van der Waals surface area contributed by atoms with Crippen molar-refractivity contribution in [2.24, 2.45) is 4.99 Å². The molecule has 88 valence electrons. The number of nitrogens with zero attached hydrogens (tertiary/aromatic N) is 1.